The molecule has 0 nitrogen and oxygen atoms in total. The van der Waals surface area contributed by atoms with Gasteiger partial charge in [0.05, 0.1) is 0 Å². The Hall–Kier alpha value is -1.12. The van der Waals surface area contributed by atoms with Gasteiger partial charge in [-0.25, -0.2) is 0 Å². The molecule has 0 amide bonds. The lowest BCUT2D eigenvalue weighted by molar-refractivity contribution is 1.35. The molecule has 2 aromatic rings. The van der Waals surface area contributed by atoms with Crippen LogP contribution in [0.5, 0.6) is 0 Å². The van der Waals surface area contributed by atoms with Crippen molar-refractivity contribution < 1.29 is 0 Å². The molecule has 108 valence electrons. The van der Waals surface area contributed by atoms with Crippen LogP contribution in [0.4, 0.5) is 0 Å². The van der Waals surface area contributed by atoms with Gasteiger partial charge in [-0.1, -0.05) is 67.8 Å². The standard InChI is InChI=1S/C19H18Br2/c1-13(2)19(16-6-10-18(21)11-7-16)14(3)12-15-4-8-17(20)9-5-15/h4-12H,1-3H3/b14-12+. The smallest absolute Gasteiger partial charge is 0.0175 e. The van der Waals surface area contributed by atoms with Crippen molar-refractivity contribution in [1.29, 1.82) is 0 Å². The molecule has 0 aliphatic rings. The molecule has 0 fully saturated rings. The number of hydrogen-bond donors (Lipinski definition) is 0. The predicted molar refractivity (Wildman–Crippen MR) is 100 cm³/mol. The Bertz CT molecular complexity index is 671. The van der Waals surface area contributed by atoms with E-state index in [1.165, 1.54) is 27.8 Å². The Kier molecular flexibility index (Phi) is 5.60. The molecule has 0 saturated carbocycles. The van der Waals surface area contributed by atoms with E-state index in [9.17, 15) is 0 Å². The minimum atomic E-state index is 1.10. The Morgan fingerprint density at radius 3 is 1.71 bits per heavy atom. The van der Waals surface area contributed by atoms with Gasteiger partial charge in [0.1, 0.15) is 0 Å². The number of rotatable bonds is 3. The van der Waals surface area contributed by atoms with Gasteiger partial charge in [-0.15, -0.1) is 0 Å². The van der Waals surface area contributed by atoms with Crippen molar-refractivity contribution in [1.82, 2.24) is 0 Å². The first kappa shape index (κ1) is 16.3. The van der Waals surface area contributed by atoms with Crippen LogP contribution in [0, 0.1) is 0 Å². The van der Waals surface area contributed by atoms with Crippen LogP contribution in [0.15, 0.2) is 68.6 Å². The van der Waals surface area contributed by atoms with E-state index in [-0.39, 0.29) is 0 Å². The second-order valence-corrected chi connectivity index (χ2v) is 7.09. The zero-order valence-electron chi connectivity index (χ0n) is 12.5. The molecule has 0 saturated heterocycles. The summed E-state index contributed by atoms with van der Waals surface area (Å²) in [6.45, 7) is 6.50. The lowest BCUT2D eigenvalue weighted by Crippen LogP contribution is -1.90. The molecule has 0 heterocycles. The van der Waals surface area contributed by atoms with Crippen LogP contribution in [0.25, 0.3) is 11.6 Å². The van der Waals surface area contributed by atoms with Crippen molar-refractivity contribution in [2.75, 3.05) is 0 Å². The monoisotopic (exact) mass is 404 g/mol. The molecule has 0 spiro atoms. The average Bonchev–Trinajstić information content (AvgIpc) is 2.43. The molecular weight excluding hydrogens is 388 g/mol. The highest BCUT2D eigenvalue weighted by molar-refractivity contribution is 9.10. The topological polar surface area (TPSA) is 0 Å². The molecule has 2 heteroatoms. The summed E-state index contributed by atoms with van der Waals surface area (Å²) in [5.41, 5.74) is 6.38. The summed E-state index contributed by atoms with van der Waals surface area (Å²) in [6, 6.07) is 16.9. The SMILES string of the molecule is CC(C)=C(/C(C)=C/c1ccc(Br)cc1)c1ccc(Br)cc1. The Morgan fingerprint density at radius 2 is 1.24 bits per heavy atom. The highest BCUT2D eigenvalue weighted by Crippen LogP contribution is 2.29. The summed E-state index contributed by atoms with van der Waals surface area (Å²) in [7, 11) is 0. The van der Waals surface area contributed by atoms with E-state index in [1.54, 1.807) is 0 Å². The maximum Gasteiger partial charge on any atom is 0.0175 e. The molecule has 0 aromatic heterocycles. The van der Waals surface area contributed by atoms with Crippen molar-refractivity contribution in [3.05, 3.63) is 79.7 Å². The minimum absolute atomic E-state index is 1.10. The zero-order valence-corrected chi connectivity index (χ0v) is 15.6. The fourth-order valence-electron chi connectivity index (χ4n) is 2.41. The van der Waals surface area contributed by atoms with Gasteiger partial charge in [-0.3, -0.25) is 0 Å². The fraction of sp³-hybridized carbons (Fsp3) is 0.158. The molecule has 0 bridgehead atoms. The highest BCUT2D eigenvalue weighted by Gasteiger charge is 2.06. The van der Waals surface area contributed by atoms with Gasteiger partial charge in [0.25, 0.3) is 0 Å². The van der Waals surface area contributed by atoms with Gasteiger partial charge in [0, 0.05) is 8.95 Å². The van der Waals surface area contributed by atoms with Crippen LogP contribution in [0.3, 0.4) is 0 Å². The van der Waals surface area contributed by atoms with Gasteiger partial charge in [0.2, 0.25) is 0 Å². The van der Waals surface area contributed by atoms with Crippen molar-refractivity contribution in [2.24, 2.45) is 0 Å². The molecular formula is C19H18Br2. The van der Waals surface area contributed by atoms with E-state index in [1.807, 2.05) is 0 Å². The molecule has 0 aliphatic carbocycles. The Balaban J connectivity index is 2.41. The zero-order chi connectivity index (χ0) is 15.4. The van der Waals surface area contributed by atoms with Crippen molar-refractivity contribution in [2.45, 2.75) is 20.8 Å². The van der Waals surface area contributed by atoms with Crippen LogP contribution in [0.2, 0.25) is 0 Å². The third-order valence-corrected chi connectivity index (χ3v) is 4.34. The molecule has 2 aromatic carbocycles. The fourth-order valence-corrected chi connectivity index (χ4v) is 2.94. The summed E-state index contributed by atoms with van der Waals surface area (Å²) < 4.78 is 2.21. The van der Waals surface area contributed by atoms with Crippen LogP contribution >= 0.6 is 31.9 Å². The molecule has 0 atom stereocenters. The number of halogens is 2. The van der Waals surface area contributed by atoms with E-state index in [2.05, 4.69) is 107 Å². The minimum Gasteiger partial charge on any atom is -0.0683 e. The van der Waals surface area contributed by atoms with Gasteiger partial charge in [-0.05, 0) is 67.3 Å². The molecule has 0 aliphatic heterocycles. The summed E-state index contributed by atoms with van der Waals surface area (Å²) in [5, 5.41) is 0. The van der Waals surface area contributed by atoms with Gasteiger partial charge >= 0.3 is 0 Å². The van der Waals surface area contributed by atoms with E-state index in [4.69, 9.17) is 0 Å². The lowest BCUT2D eigenvalue weighted by Gasteiger charge is -2.12. The summed E-state index contributed by atoms with van der Waals surface area (Å²) in [5.74, 6) is 0. The van der Waals surface area contributed by atoms with Crippen molar-refractivity contribution in [3.63, 3.8) is 0 Å². The number of allylic oxidation sites excluding steroid dienone is 3. The van der Waals surface area contributed by atoms with Crippen LogP contribution in [-0.2, 0) is 0 Å². The summed E-state index contributed by atoms with van der Waals surface area (Å²) in [4.78, 5) is 0. The van der Waals surface area contributed by atoms with E-state index in [0.29, 0.717) is 0 Å². The van der Waals surface area contributed by atoms with Crippen molar-refractivity contribution in [3.8, 4) is 0 Å². The molecule has 2 rings (SSSR count). The van der Waals surface area contributed by atoms with Crippen molar-refractivity contribution >= 4 is 43.5 Å². The normalized spacial score (nSPS) is 11.4. The molecule has 0 radical (unpaired) electrons. The van der Waals surface area contributed by atoms with Gasteiger partial charge < -0.3 is 0 Å². The lowest BCUT2D eigenvalue weighted by atomic mass is 9.93. The van der Waals surface area contributed by atoms with Gasteiger partial charge in [0.15, 0.2) is 0 Å². The maximum atomic E-state index is 3.49. The second kappa shape index (κ2) is 7.24. The third kappa shape index (κ3) is 4.42. The largest absolute Gasteiger partial charge is 0.0683 e. The van der Waals surface area contributed by atoms with E-state index < -0.39 is 0 Å². The van der Waals surface area contributed by atoms with Crippen LogP contribution in [-0.4, -0.2) is 0 Å². The number of hydrogen-bond acceptors (Lipinski definition) is 0. The third-order valence-electron chi connectivity index (χ3n) is 3.28. The molecule has 0 N–H and O–H groups in total. The first-order chi connectivity index (χ1) is 9.97. The highest BCUT2D eigenvalue weighted by atomic mass is 79.9. The predicted octanol–water partition coefficient (Wildman–Crippen LogP) is 7.11. The number of benzene rings is 2. The van der Waals surface area contributed by atoms with Crippen LogP contribution in [0.1, 0.15) is 31.9 Å². The van der Waals surface area contributed by atoms with E-state index in [0.717, 1.165) is 8.95 Å². The first-order valence-corrected chi connectivity index (χ1v) is 8.43. The second-order valence-electron chi connectivity index (χ2n) is 5.26. The molecule has 0 unspecified atom stereocenters. The maximum absolute atomic E-state index is 3.49. The van der Waals surface area contributed by atoms with Gasteiger partial charge in [-0.2, -0.15) is 0 Å². The quantitative estimate of drug-likeness (QED) is 0.477. The molecule has 21 heavy (non-hydrogen) atoms. The first-order valence-electron chi connectivity index (χ1n) is 6.85. The summed E-state index contributed by atoms with van der Waals surface area (Å²) >= 11 is 6.97. The Labute approximate surface area is 143 Å². The average molecular weight is 406 g/mol. The summed E-state index contributed by atoms with van der Waals surface area (Å²) in [6.07, 6.45) is 2.23. The Morgan fingerprint density at radius 1 is 0.762 bits per heavy atom. The van der Waals surface area contributed by atoms with E-state index >= 15 is 0 Å². The van der Waals surface area contributed by atoms with Crippen LogP contribution < -0.4 is 0 Å².